The monoisotopic (exact) mass is 242 g/mol. The van der Waals surface area contributed by atoms with E-state index in [4.69, 9.17) is 4.74 Å². The molecule has 0 amide bonds. The first-order valence-electron chi connectivity index (χ1n) is 6.25. The molecule has 0 bridgehead atoms. The maximum absolute atomic E-state index is 11.8. The molecule has 18 heavy (non-hydrogen) atoms. The molecule has 0 heterocycles. The van der Waals surface area contributed by atoms with Crippen LogP contribution in [0.25, 0.3) is 10.8 Å². The van der Waals surface area contributed by atoms with Gasteiger partial charge in [0.25, 0.3) is 0 Å². The third kappa shape index (κ3) is 2.53. The molecule has 0 radical (unpaired) electrons. The minimum Gasteiger partial charge on any atom is -0.493 e. The van der Waals surface area contributed by atoms with Gasteiger partial charge in [-0.05, 0) is 29.7 Å². The fourth-order valence-electron chi connectivity index (χ4n) is 1.99. The Labute approximate surface area is 108 Å². The number of fused-ring (bicyclic) bond motifs is 1. The van der Waals surface area contributed by atoms with Gasteiger partial charge in [-0.2, -0.15) is 0 Å². The summed E-state index contributed by atoms with van der Waals surface area (Å²) in [6.07, 6.45) is 0. The van der Waals surface area contributed by atoms with Crippen LogP contribution in [-0.2, 0) is 0 Å². The fraction of sp³-hybridized carbons (Fsp3) is 0.312. The van der Waals surface area contributed by atoms with E-state index in [-0.39, 0.29) is 5.78 Å². The van der Waals surface area contributed by atoms with Gasteiger partial charge < -0.3 is 4.74 Å². The molecule has 0 aliphatic carbocycles. The zero-order valence-electron chi connectivity index (χ0n) is 11.1. The van der Waals surface area contributed by atoms with E-state index >= 15 is 0 Å². The molecule has 0 saturated heterocycles. The Hall–Kier alpha value is -1.83. The first-order valence-corrected chi connectivity index (χ1v) is 6.25. The first-order chi connectivity index (χ1) is 8.59. The Morgan fingerprint density at radius 2 is 1.89 bits per heavy atom. The molecule has 0 unspecified atom stereocenters. The number of ketones is 1. The van der Waals surface area contributed by atoms with Crippen LogP contribution in [0.4, 0.5) is 0 Å². The van der Waals surface area contributed by atoms with Gasteiger partial charge in [0.05, 0.1) is 12.2 Å². The molecule has 0 spiro atoms. The summed E-state index contributed by atoms with van der Waals surface area (Å²) in [5.74, 6) is 1.18. The summed E-state index contributed by atoms with van der Waals surface area (Å²) in [7, 11) is 0. The second-order valence-corrected chi connectivity index (χ2v) is 4.92. The van der Waals surface area contributed by atoms with Crippen LogP contribution in [0.1, 0.15) is 31.1 Å². The Kier molecular flexibility index (Phi) is 3.66. The predicted octanol–water partition coefficient (Wildman–Crippen LogP) is 4.08. The Bertz CT molecular complexity index is 570. The number of rotatable bonds is 4. The summed E-state index contributed by atoms with van der Waals surface area (Å²) in [6, 6.07) is 11.8. The smallest absolute Gasteiger partial charge is 0.164 e. The molecule has 0 fully saturated rings. The number of Topliss-reactive ketones (excluding diaryl/α,β-unsaturated/α-hetero) is 1. The molecule has 0 aliphatic rings. The Morgan fingerprint density at radius 1 is 1.17 bits per heavy atom. The van der Waals surface area contributed by atoms with Crippen LogP contribution in [0.15, 0.2) is 36.4 Å². The van der Waals surface area contributed by atoms with Crippen LogP contribution in [0, 0.1) is 5.92 Å². The van der Waals surface area contributed by atoms with Crippen molar-refractivity contribution in [1.82, 2.24) is 0 Å². The van der Waals surface area contributed by atoms with E-state index in [0.29, 0.717) is 23.8 Å². The topological polar surface area (TPSA) is 26.3 Å². The van der Waals surface area contributed by atoms with Crippen molar-refractivity contribution in [2.75, 3.05) is 6.61 Å². The van der Waals surface area contributed by atoms with Crippen molar-refractivity contribution in [3.8, 4) is 5.75 Å². The molecule has 2 rings (SSSR count). The van der Waals surface area contributed by atoms with Gasteiger partial charge in [0.1, 0.15) is 5.75 Å². The zero-order chi connectivity index (χ0) is 13.1. The third-order valence-electron chi connectivity index (χ3n) is 2.82. The molecule has 2 aromatic carbocycles. The largest absolute Gasteiger partial charge is 0.493 e. The van der Waals surface area contributed by atoms with E-state index in [0.717, 1.165) is 10.8 Å². The average molecular weight is 242 g/mol. The van der Waals surface area contributed by atoms with Crippen molar-refractivity contribution in [3.05, 3.63) is 42.0 Å². The summed E-state index contributed by atoms with van der Waals surface area (Å²) in [4.78, 5) is 11.8. The number of carbonyl (C=O) groups excluding carboxylic acids is 1. The van der Waals surface area contributed by atoms with E-state index in [1.165, 1.54) is 0 Å². The van der Waals surface area contributed by atoms with Crippen LogP contribution in [0.3, 0.4) is 0 Å². The summed E-state index contributed by atoms with van der Waals surface area (Å²) in [5.41, 5.74) is 0.689. The number of carbonyl (C=O) groups is 1. The van der Waals surface area contributed by atoms with Crippen molar-refractivity contribution in [2.24, 2.45) is 5.92 Å². The standard InChI is InChI=1S/C16H18O2/c1-11(2)10-18-15-9-8-13-6-4-5-7-14(13)16(15)12(3)17/h4-9,11H,10H2,1-3H3. The molecule has 2 aromatic rings. The van der Waals surface area contributed by atoms with Crippen molar-refractivity contribution in [1.29, 1.82) is 0 Å². The van der Waals surface area contributed by atoms with E-state index < -0.39 is 0 Å². The third-order valence-corrected chi connectivity index (χ3v) is 2.82. The second-order valence-electron chi connectivity index (χ2n) is 4.92. The molecular formula is C16H18O2. The normalized spacial score (nSPS) is 10.9. The van der Waals surface area contributed by atoms with E-state index in [1.54, 1.807) is 6.92 Å². The van der Waals surface area contributed by atoms with Gasteiger partial charge in [0.15, 0.2) is 5.78 Å². The van der Waals surface area contributed by atoms with Gasteiger partial charge in [-0.25, -0.2) is 0 Å². The molecule has 2 heteroatoms. The Balaban J connectivity index is 2.52. The van der Waals surface area contributed by atoms with Crippen molar-refractivity contribution < 1.29 is 9.53 Å². The van der Waals surface area contributed by atoms with Crippen LogP contribution in [0.2, 0.25) is 0 Å². The lowest BCUT2D eigenvalue weighted by molar-refractivity contribution is 0.101. The molecular weight excluding hydrogens is 224 g/mol. The highest BCUT2D eigenvalue weighted by molar-refractivity contribution is 6.09. The summed E-state index contributed by atoms with van der Waals surface area (Å²) < 4.78 is 5.75. The molecule has 2 nitrogen and oxygen atoms in total. The van der Waals surface area contributed by atoms with Crippen LogP contribution in [-0.4, -0.2) is 12.4 Å². The molecule has 0 saturated carbocycles. The fourth-order valence-corrected chi connectivity index (χ4v) is 1.99. The van der Waals surface area contributed by atoms with Gasteiger partial charge in [0.2, 0.25) is 0 Å². The highest BCUT2D eigenvalue weighted by Crippen LogP contribution is 2.28. The molecule has 94 valence electrons. The highest BCUT2D eigenvalue weighted by Gasteiger charge is 2.13. The number of ether oxygens (including phenoxy) is 1. The van der Waals surface area contributed by atoms with Gasteiger partial charge in [-0.3, -0.25) is 4.79 Å². The lowest BCUT2D eigenvalue weighted by atomic mass is 10.0. The Morgan fingerprint density at radius 3 is 2.56 bits per heavy atom. The number of hydrogen-bond acceptors (Lipinski definition) is 2. The first kappa shape index (κ1) is 12.6. The molecule has 0 atom stereocenters. The summed E-state index contributed by atoms with van der Waals surface area (Å²) in [5, 5.41) is 2.03. The van der Waals surface area contributed by atoms with Gasteiger partial charge in [-0.15, -0.1) is 0 Å². The van der Waals surface area contributed by atoms with Crippen LogP contribution in [0.5, 0.6) is 5.75 Å². The highest BCUT2D eigenvalue weighted by atomic mass is 16.5. The van der Waals surface area contributed by atoms with Crippen molar-refractivity contribution in [2.45, 2.75) is 20.8 Å². The van der Waals surface area contributed by atoms with E-state index in [1.807, 2.05) is 36.4 Å². The summed E-state index contributed by atoms with van der Waals surface area (Å²) >= 11 is 0. The summed E-state index contributed by atoms with van der Waals surface area (Å²) in [6.45, 7) is 6.39. The molecule has 0 aliphatic heterocycles. The van der Waals surface area contributed by atoms with Gasteiger partial charge in [-0.1, -0.05) is 44.2 Å². The lowest BCUT2D eigenvalue weighted by Gasteiger charge is -2.13. The number of hydrogen-bond donors (Lipinski definition) is 0. The van der Waals surface area contributed by atoms with Crippen LogP contribution < -0.4 is 4.74 Å². The predicted molar refractivity (Wildman–Crippen MR) is 74.3 cm³/mol. The maximum atomic E-state index is 11.8. The van der Waals surface area contributed by atoms with E-state index in [2.05, 4.69) is 13.8 Å². The van der Waals surface area contributed by atoms with Gasteiger partial charge >= 0.3 is 0 Å². The number of benzene rings is 2. The SMILES string of the molecule is CC(=O)c1c(OCC(C)C)ccc2ccccc12. The average Bonchev–Trinajstić information content (AvgIpc) is 2.35. The zero-order valence-corrected chi connectivity index (χ0v) is 11.1. The second kappa shape index (κ2) is 5.21. The lowest BCUT2D eigenvalue weighted by Crippen LogP contribution is -2.08. The van der Waals surface area contributed by atoms with Crippen molar-refractivity contribution in [3.63, 3.8) is 0 Å². The van der Waals surface area contributed by atoms with Gasteiger partial charge in [0, 0.05) is 0 Å². The molecule has 0 N–H and O–H groups in total. The molecule has 0 aromatic heterocycles. The quantitative estimate of drug-likeness (QED) is 0.755. The van der Waals surface area contributed by atoms with Crippen molar-refractivity contribution >= 4 is 16.6 Å². The minimum absolute atomic E-state index is 0.0468. The maximum Gasteiger partial charge on any atom is 0.164 e. The minimum atomic E-state index is 0.0468. The van der Waals surface area contributed by atoms with E-state index in [9.17, 15) is 4.79 Å². The van der Waals surface area contributed by atoms with Crippen LogP contribution >= 0.6 is 0 Å².